The maximum absolute atomic E-state index is 2.60. The second kappa shape index (κ2) is 13.4. The third-order valence-corrected chi connectivity index (χ3v) is 13.2. The Labute approximate surface area is 270 Å². The van der Waals surface area contributed by atoms with Crippen molar-refractivity contribution in [3.63, 3.8) is 0 Å². The molecule has 2 unspecified atom stereocenters. The number of allylic oxidation sites excluding steroid dienone is 2. The Balaban J connectivity index is 0.00000194. The molecule has 0 radical (unpaired) electrons. The van der Waals surface area contributed by atoms with E-state index in [1.54, 1.807) is 22.3 Å². The minimum atomic E-state index is -0.969. The van der Waals surface area contributed by atoms with E-state index in [1.165, 1.54) is 45.4 Å². The maximum Gasteiger partial charge on any atom is -1.00 e. The van der Waals surface area contributed by atoms with E-state index in [2.05, 4.69) is 138 Å². The molecule has 0 saturated heterocycles. The minimum absolute atomic E-state index is 0. The van der Waals surface area contributed by atoms with Crippen molar-refractivity contribution in [3.05, 3.63) is 130 Å². The molecule has 3 heteroatoms. The fourth-order valence-electron chi connectivity index (χ4n) is 6.59. The van der Waals surface area contributed by atoms with E-state index >= 15 is 0 Å². The molecule has 0 bridgehead atoms. The van der Waals surface area contributed by atoms with Gasteiger partial charge in [0.05, 0.1) is 0 Å². The summed E-state index contributed by atoms with van der Waals surface area (Å²) in [5.74, 6) is 1.22. The topological polar surface area (TPSA) is 0 Å². The molecule has 4 aromatic carbocycles. The Bertz CT molecular complexity index is 1570. The first-order valence-corrected chi connectivity index (χ1v) is 17.3. The van der Waals surface area contributed by atoms with Crippen LogP contribution in [0.4, 0.5) is 0 Å². The predicted octanol–water partition coefficient (Wildman–Crippen LogP) is 4.70. The van der Waals surface area contributed by atoms with Crippen molar-refractivity contribution < 1.29 is 48.0 Å². The van der Waals surface area contributed by atoms with Crippen LogP contribution in [0.3, 0.4) is 0 Å². The average molecular weight is 657 g/mol. The Morgan fingerprint density at radius 1 is 0.634 bits per heavy atom. The average Bonchev–Trinajstić information content (AvgIpc) is 3.49. The summed E-state index contributed by atoms with van der Waals surface area (Å²) < 4.78 is 1.23. The van der Waals surface area contributed by atoms with Gasteiger partial charge in [0.2, 0.25) is 0 Å². The van der Waals surface area contributed by atoms with Crippen LogP contribution in [0.25, 0.3) is 34.4 Å². The number of rotatable bonds is 7. The molecule has 0 aliphatic heterocycles. The van der Waals surface area contributed by atoms with Crippen LogP contribution in [-0.4, -0.2) is 0 Å². The van der Waals surface area contributed by atoms with E-state index in [1.807, 2.05) is 0 Å². The largest absolute Gasteiger partial charge is 1.00 e. The van der Waals surface area contributed by atoms with Crippen LogP contribution in [0, 0.1) is 18.8 Å². The molecule has 2 aliphatic rings. The van der Waals surface area contributed by atoms with E-state index in [9.17, 15) is 0 Å². The molecule has 2 atom stereocenters. The first-order valence-electron chi connectivity index (χ1n) is 14.5. The van der Waals surface area contributed by atoms with Gasteiger partial charge in [0, 0.05) is 0 Å². The van der Waals surface area contributed by atoms with Gasteiger partial charge in [-0.2, -0.15) is 0 Å². The number of fused-ring (bicyclic) bond motifs is 2. The van der Waals surface area contributed by atoms with Crippen molar-refractivity contribution >= 4 is 12.2 Å². The summed E-state index contributed by atoms with van der Waals surface area (Å²) in [6, 6.07) is 33.8. The molecule has 0 amide bonds. The molecule has 4 aromatic rings. The summed E-state index contributed by atoms with van der Waals surface area (Å²) in [7, 11) is 0. The van der Waals surface area contributed by atoms with Gasteiger partial charge < -0.3 is 24.8 Å². The van der Waals surface area contributed by atoms with Gasteiger partial charge in [-0.05, 0) is 0 Å². The Morgan fingerprint density at radius 3 is 1.83 bits per heavy atom. The Hall–Kier alpha value is -2.18. The number of benzene rings is 4. The molecule has 0 nitrogen and oxygen atoms in total. The first-order chi connectivity index (χ1) is 18.9. The monoisotopic (exact) mass is 654 g/mol. The van der Waals surface area contributed by atoms with E-state index in [-0.39, 0.29) is 24.8 Å². The zero-order chi connectivity index (χ0) is 27.1. The zero-order valence-electron chi connectivity index (χ0n) is 24.6. The van der Waals surface area contributed by atoms with E-state index < -0.39 is 23.2 Å². The number of hydrogen-bond donors (Lipinski definition) is 0. The second-order valence-electron chi connectivity index (χ2n) is 11.9. The summed E-state index contributed by atoms with van der Waals surface area (Å²) in [5.41, 5.74) is 16.5. The van der Waals surface area contributed by atoms with Crippen LogP contribution in [0.2, 0.25) is 0 Å². The molecule has 41 heavy (non-hydrogen) atoms. The molecule has 2 aliphatic carbocycles. The van der Waals surface area contributed by atoms with Crippen molar-refractivity contribution in [2.24, 2.45) is 11.8 Å². The molecular weight excluding hydrogens is 619 g/mol. The summed E-state index contributed by atoms with van der Waals surface area (Å²) in [4.78, 5) is 0. The van der Waals surface area contributed by atoms with Crippen molar-refractivity contribution in [1.29, 1.82) is 0 Å². The van der Waals surface area contributed by atoms with Crippen LogP contribution in [0.15, 0.2) is 102 Å². The minimum Gasteiger partial charge on any atom is -1.00 e. The SMILES string of the molecule is Cc1ccc(-c2ccccc2)c2c1[CH]([Zr+2][CH]1C(C(C)C)=Cc3c(-c4ccccc4)cccc31)C(CC(C)C)=C2.[Cl-].[Cl-]. The number of hydrogen-bond acceptors (Lipinski definition) is 0. The van der Waals surface area contributed by atoms with Gasteiger partial charge >= 0.3 is 248 Å². The van der Waals surface area contributed by atoms with Crippen molar-refractivity contribution in [1.82, 2.24) is 0 Å². The number of halogens is 2. The van der Waals surface area contributed by atoms with Crippen molar-refractivity contribution in [2.45, 2.75) is 48.3 Å². The fourth-order valence-corrected chi connectivity index (χ4v) is 12.3. The molecule has 0 N–H and O–H groups in total. The van der Waals surface area contributed by atoms with Crippen LogP contribution in [-0.2, 0) is 23.2 Å². The Kier molecular flexibility index (Phi) is 10.4. The smallest absolute Gasteiger partial charge is 1.00 e. The van der Waals surface area contributed by atoms with E-state index in [0.29, 0.717) is 19.1 Å². The molecule has 0 spiro atoms. The van der Waals surface area contributed by atoms with Gasteiger partial charge in [0.25, 0.3) is 0 Å². The number of aryl methyl sites for hydroxylation is 1. The van der Waals surface area contributed by atoms with Gasteiger partial charge in [0.15, 0.2) is 0 Å². The molecule has 208 valence electrons. The molecule has 0 fully saturated rings. The van der Waals surface area contributed by atoms with Crippen molar-refractivity contribution in [3.8, 4) is 22.3 Å². The van der Waals surface area contributed by atoms with Crippen LogP contribution in [0.1, 0.15) is 69.2 Å². The summed E-state index contributed by atoms with van der Waals surface area (Å²) in [6.07, 6.45) is 6.37. The van der Waals surface area contributed by atoms with Gasteiger partial charge in [-0.1, -0.05) is 0 Å². The van der Waals surface area contributed by atoms with Crippen molar-refractivity contribution in [2.75, 3.05) is 0 Å². The third kappa shape index (κ3) is 6.15. The quantitative estimate of drug-likeness (QED) is 0.271. The Morgan fingerprint density at radius 2 is 1.24 bits per heavy atom. The van der Waals surface area contributed by atoms with E-state index in [4.69, 9.17) is 0 Å². The van der Waals surface area contributed by atoms with Gasteiger partial charge in [0.1, 0.15) is 0 Å². The molecule has 0 heterocycles. The first kappa shape index (κ1) is 31.8. The molecule has 0 saturated carbocycles. The molecule has 0 aromatic heterocycles. The van der Waals surface area contributed by atoms with Gasteiger partial charge in [-0.15, -0.1) is 0 Å². The van der Waals surface area contributed by atoms with Crippen LogP contribution in [0.5, 0.6) is 0 Å². The van der Waals surface area contributed by atoms with E-state index in [0.717, 1.165) is 0 Å². The third-order valence-electron chi connectivity index (χ3n) is 8.40. The maximum atomic E-state index is 2.60. The van der Waals surface area contributed by atoms with Gasteiger partial charge in [-0.25, -0.2) is 0 Å². The second-order valence-corrected chi connectivity index (χ2v) is 15.6. The van der Waals surface area contributed by atoms with Crippen LogP contribution >= 0.6 is 0 Å². The zero-order valence-corrected chi connectivity index (χ0v) is 28.6. The summed E-state index contributed by atoms with van der Waals surface area (Å²) >= 11 is -0.969. The van der Waals surface area contributed by atoms with Crippen LogP contribution < -0.4 is 24.8 Å². The standard InChI is InChI=1S/C20H21.C18H17.2ClH.Zr/c1-14(2)11-16-12-19-15(3)9-10-18(20(19)13-16)17-7-5-4-6-8-17;1-13(2)16-11-15-9-6-10-17(18(15)12-16)14-7-4-3-5-8-14;;;/h4-10,12-14H,11H2,1-3H3;3-13H,1-2H3;2*1H;/q;;;;+2/p-2. The predicted molar refractivity (Wildman–Crippen MR) is 164 cm³/mol. The fraction of sp³-hybridized carbons (Fsp3) is 0.263. The molecular formula is C38H38Cl2Zr. The van der Waals surface area contributed by atoms with Gasteiger partial charge in [-0.3, -0.25) is 0 Å². The molecule has 6 rings (SSSR count). The summed E-state index contributed by atoms with van der Waals surface area (Å²) in [5, 5.41) is 0. The normalized spacial score (nSPS) is 16.8. The summed E-state index contributed by atoms with van der Waals surface area (Å²) in [6.45, 7) is 11.9.